The van der Waals surface area contributed by atoms with Gasteiger partial charge >= 0.3 is 0 Å². The molecule has 4 heterocycles. The number of amides is 4. The third kappa shape index (κ3) is 3.51. The molecule has 11 heteroatoms. The molecule has 0 N–H and O–H groups in total. The summed E-state index contributed by atoms with van der Waals surface area (Å²) in [5, 5.41) is 0.315. The minimum absolute atomic E-state index is 0.133. The van der Waals surface area contributed by atoms with Crippen molar-refractivity contribution in [3.05, 3.63) is 15.1 Å². The van der Waals surface area contributed by atoms with Crippen LogP contribution in [0.15, 0.2) is 0 Å². The van der Waals surface area contributed by atoms with Crippen LogP contribution in [-0.2, 0) is 14.4 Å². The number of likely N-dealkylation sites (tertiary alicyclic amines) is 3. The highest BCUT2D eigenvalue weighted by atomic mass is 35.5. The Morgan fingerprint density at radius 3 is 2.32 bits per heavy atom. The zero-order chi connectivity index (χ0) is 20.0. The van der Waals surface area contributed by atoms with Crippen LogP contribution in [0.4, 0.5) is 0 Å². The van der Waals surface area contributed by atoms with E-state index in [0.717, 1.165) is 22.9 Å². The van der Waals surface area contributed by atoms with Crippen LogP contribution in [0.5, 0.6) is 0 Å². The smallest absolute Gasteiger partial charge is 0.267 e. The summed E-state index contributed by atoms with van der Waals surface area (Å²) in [7, 11) is 0. The first-order valence-electron chi connectivity index (χ1n) is 9.06. The lowest BCUT2D eigenvalue weighted by molar-refractivity contribution is -0.145. The highest BCUT2D eigenvalue weighted by Crippen LogP contribution is 2.34. The number of imide groups is 1. The van der Waals surface area contributed by atoms with Gasteiger partial charge < -0.3 is 9.80 Å². The van der Waals surface area contributed by atoms with Gasteiger partial charge in [-0.3, -0.25) is 24.1 Å². The highest BCUT2D eigenvalue weighted by molar-refractivity contribution is 7.09. The van der Waals surface area contributed by atoms with Crippen molar-refractivity contribution in [1.82, 2.24) is 19.1 Å². The van der Waals surface area contributed by atoms with E-state index < -0.39 is 0 Å². The van der Waals surface area contributed by atoms with E-state index in [1.807, 2.05) is 0 Å². The Morgan fingerprint density at radius 1 is 1.04 bits per heavy atom. The van der Waals surface area contributed by atoms with Gasteiger partial charge in [-0.1, -0.05) is 23.2 Å². The van der Waals surface area contributed by atoms with Gasteiger partial charge in [0, 0.05) is 39.0 Å². The van der Waals surface area contributed by atoms with Crippen molar-refractivity contribution in [2.75, 3.05) is 32.7 Å². The number of carbonyl (C=O) groups is 4. The number of fused-ring (bicyclic) bond motifs is 1. The van der Waals surface area contributed by atoms with Gasteiger partial charge in [0.05, 0.1) is 0 Å². The molecule has 4 rings (SSSR count). The lowest BCUT2D eigenvalue weighted by atomic mass is 9.88. The van der Waals surface area contributed by atoms with Crippen molar-refractivity contribution in [2.45, 2.75) is 19.3 Å². The SMILES string of the molecule is O=C(CN1C(=O)CCC1=O)N1C[C@H]2CCN(C(=O)c3snc(Cl)c3Cl)C[C@H]2C1. The van der Waals surface area contributed by atoms with Gasteiger partial charge in [0.15, 0.2) is 5.15 Å². The standard InChI is InChI=1S/C17H18Cl2N4O4S/c18-14-15(28-20-16(14)19)17(27)21-4-3-9-5-22(7-10(9)6-21)13(26)8-23-11(24)1-2-12(23)25/h9-10H,1-8H2/t9-,10+/m1/s1. The molecule has 1 aromatic rings. The van der Waals surface area contributed by atoms with Gasteiger partial charge in [-0.05, 0) is 29.8 Å². The summed E-state index contributed by atoms with van der Waals surface area (Å²) >= 11 is 12.9. The van der Waals surface area contributed by atoms with Crippen molar-refractivity contribution in [2.24, 2.45) is 11.8 Å². The lowest BCUT2D eigenvalue weighted by Crippen LogP contribution is -2.43. The monoisotopic (exact) mass is 444 g/mol. The Balaban J connectivity index is 1.37. The van der Waals surface area contributed by atoms with Gasteiger partial charge in [-0.25, -0.2) is 0 Å². The molecular weight excluding hydrogens is 427 g/mol. The number of hydrogen-bond donors (Lipinski definition) is 0. The van der Waals surface area contributed by atoms with Crippen LogP contribution in [0.25, 0.3) is 0 Å². The van der Waals surface area contributed by atoms with Crippen molar-refractivity contribution < 1.29 is 19.2 Å². The maximum Gasteiger partial charge on any atom is 0.267 e. The zero-order valence-electron chi connectivity index (χ0n) is 14.9. The summed E-state index contributed by atoms with van der Waals surface area (Å²) in [5.41, 5.74) is 0. The summed E-state index contributed by atoms with van der Waals surface area (Å²) in [4.78, 5) is 53.6. The van der Waals surface area contributed by atoms with E-state index in [9.17, 15) is 19.2 Å². The molecule has 150 valence electrons. The summed E-state index contributed by atoms with van der Waals surface area (Å²) in [6.45, 7) is 2.03. The Hall–Kier alpha value is -1.71. The van der Waals surface area contributed by atoms with Crippen LogP contribution in [0.2, 0.25) is 10.2 Å². The van der Waals surface area contributed by atoms with Crippen LogP contribution in [0.3, 0.4) is 0 Å². The third-order valence-corrected chi connectivity index (χ3v) is 7.47. The highest BCUT2D eigenvalue weighted by Gasteiger charge is 2.41. The normalized spacial score (nSPS) is 24.9. The molecule has 4 amide bonds. The summed E-state index contributed by atoms with van der Waals surface area (Å²) in [5.74, 6) is -0.509. The number of halogens is 2. The van der Waals surface area contributed by atoms with Crippen molar-refractivity contribution in [1.29, 1.82) is 0 Å². The quantitative estimate of drug-likeness (QED) is 0.659. The third-order valence-electron chi connectivity index (χ3n) is 5.68. The maximum absolute atomic E-state index is 12.7. The Labute approximate surface area is 175 Å². The molecule has 0 spiro atoms. The molecule has 2 atom stereocenters. The molecule has 0 saturated carbocycles. The van der Waals surface area contributed by atoms with Gasteiger partial charge in [-0.15, -0.1) is 0 Å². The molecule has 0 unspecified atom stereocenters. The topological polar surface area (TPSA) is 90.9 Å². The predicted octanol–water partition coefficient (Wildman–Crippen LogP) is 1.52. The molecule has 0 radical (unpaired) electrons. The fraction of sp³-hybridized carbons (Fsp3) is 0.588. The molecule has 0 aromatic carbocycles. The average molecular weight is 445 g/mol. The van der Waals surface area contributed by atoms with Gasteiger partial charge in [0.1, 0.15) is 16.4 Å². The van der Waals surface area contributed by atoms with E-state index in [-0.39, 0.29) is 59.1 Å². The summed E-state index contributed by atoms with van der Waals surface area (Å²) in [6.07, 6.45) is 1.14. The van der Waals surface area contributed by atoms with E-state index in [1.165, 1.54) is 0 Å². The van der Waals surface area contributed by atoms with Crippen LogP contribution >= 0.6 is 34.7 Å². The zero-order valence-corrected chi connectivity index (χ0v) is 17.2. The molecule has 1 aromatic heterocycles. The van der Waals surface area contributed by atoms with E-state index in [1.54, 1.807) is 9.80 Å². The van der Waals surface area contributed by atoms with Crippen LogP contribution in [-0.4, -0.2) is 75.4 Å². The summed E-state index contributed by atoms with van der Waals surface area (Å²) in [6, 6.07) is 0. The number of hydrogen-bond acceptors (Lipinski definition) is 6. The Morgan fingerprint density at radius 2 is 1.68 bits per heavy atom. The largest absolute Gasteiger partial charge is 0.340 e. The van der Waals surface area contributed by atoms with Crippen molar-refractivity contribution in [3.8, 4) is 0 Å². The minimum atomic E-state index is -0.285. The molecule has 0 bridgehead atoms. The number of nitrogens with zero attached hydrogens (tertiary/aromatic N) is 4. The molecule has 0 aliphatic carbocycles. The molecular formula is C17H18Cl2N4O4S. The molecule has 3 aliphatic heterocycles. The van der Waals surface area contributed by atoms with E-state index in [2.05, 4.69) is 4.37 Å². The van der Waals surface area contributed by atoms with Gasteiger partial charge in [0.25, 0.3) is 5.91 Å². The maximum atomic E-state index is 12.7. The molecule has 3 aliphatic rings. The second-order valence-electron chi connectivity index (χ2n) is 7.35. The molecule has 3 fully saturated rings. The number of aromatic nitrogens is 1. The average Bonchev–Trinajstić information content (AvgIpc) is 3.34. The fourth-order valence-electron chi connectivity index (χ4n) is 4.13. The van der Waals surface area contributed by atoms with E-state index >= 15 is 0 Å². The van der Waals surface area contributed by atoms with E-state index in [0.29, 0.717) is 37.0 Å². The fourth-order valence-corrected chi connectivity index (χ4v) is 5.30. The predicted molar refractivity (Wildman–Crippen MR) is 102 cm³/mol. The van der Waals surface area contributed by atoms with Crippen molar-refractivity contribution in [3.63, 3.8) is 0 Å². The van der Waals surface area contributed by atoms with Gasteiger partial charge in [-0.2, -0.15) is 4.37 Å². The van der Waals surface area contributed by atoms with Crippen LogP contribution < -0.4 is 0 Å². The molecule has 28 heavy (non-hydrogen) atoms. The first-order chi connectivity index (χ1) is 13.3. The van der Waals surface area contributed by atoms with Crippen LogP contribution in [0.1, 0.15) is 28.9 Å². The first-order valence-corrected chi connectivity index (χ1v) is 10.6. The first kappa shape index (κ1) is 19.6. The number of piperidine rings is 1. The Kier molecular flexibility index (Phi) is 5.32. The summed E-state index contributed by atoms with van der Waals surface area (Å²) < 4.78 is 3.91. The minimum Gasteiger partial charge on any atom is -0.340 e. The number of rotatable bonds is 3. The van der Waals surface area contributed by atoms with Crippen molar-refractivity contribution >= 4 is 58.4 Å². The lowest BCUT2D eigenvalue weighted by Gasteiger charge is -2.33. The van der Waals surface area contributed by atoms with Crippen LogP contribution in [0, 0.1) is 11.8 Å². The molecule has 8 nitrogen and oxygen atoms in total. The van der Waals surface area contributed by atoms with Gasteiger partial charge in [0.2, 0.25) is 17.7 Å². The van der Waals surface area contributed by atoms with E-state index in [4.69, 9.17) is 23.2 Å². The second-order valence-corrected chi connectivity index (χ2v) is 8.86. The Bertz CT molecular complexity index is 844. The number of carbonyl (C=O) groups excluding carboxylic acids is 4. The second kappa shape index (κ2) is 7.61. The molecule has 3 saturated heterocycles.